The maximum atomic E-state index is 12.9. The summed E-state index contributed by atoms with van der Waals surface area (Å²) in [5.74, 6) is 3.54. The summed E-state index contributed by atoms with van der Waals surface area (Å²) in [7, 11) is 0. The Morgan fingerprint density at radius 2 is 1.64 bits per heavy atom. The zero-order chi connectivity index (χ0) is 24.0. The van der Waals surface area contributed by atoms with Gasteiger partial charge in [0.05, 0.1) is 0 Å². The van der Waals surface area contributed by atoms with Crippen LogP contribution in [0.3, 0.4) is 0 Å². The summed E-state index contributed by atoms with van der Waals surface area (Å²) in [6.07, 6.45) is 14.0. The van der Waals surface area contributed by atoms with Gasteiger partial charge in [0.1, 0.15) is 12.1 Å². The third-order valence-corrected chi connectivity index (χ3v) is 13.2. The van der Waals surface area contributed by atoms with Gasteiger partial charge in [0.25, 0.3) is 0 Å². The summed E-state index contributed by atoms with van der Waals surface area (Å²) < 4.78 is 0. The van der Waals surface area contributed by atoms with Gasteiger partial charge in [0.2, 0.25) is 0 Å². The van der Waals surface area contributed by atoms with E-state index in [1.54, 1.807) is 0 Å². The predicted molar refractivity (Wildman–Crippen MR) is 135 cm³/mol. The predicted octanol–water partition coefficient (Wildman–Crippen LogP) is 7.80. The number of allylic oxidation sites excluding steroid dienone is 1. The summed E-state index contributed by atoms with van der Waals surface area (Å²) in [6, 6.07) is 0. The summed E-state index contributed by atoms with van der Waals surface area (Å²) in [5, 5.41) is 0. The number of ketones is 1. The van der Waals surface area contributed by atoms with Crippen molar-refractivity contribution in [2.75, 3.05) is 0 Å². The van der Waals surface area contributed by atoms with E-state index in [0.717, 1.165) is 32.1 Å². The van der Waals surface area contributed by atoms with E-state index in [1.807, 2.05) is 0 Å². The van der Waals surface area contributed by atoms with Gasteiger partial charge in [-0.2, -0.15) is 0 Å². The second kappa shape index (κ2) is 7.30. The van der Waals surface area contributed by atoms with Crippen LogP contribution in [0.25, 0.3) is 0 Å². The number of Topliss-reactive ketones (excluding diaryl/α,β-unsaturated/α-hetero) is 1. The fourth-order valence-electron chi connectivity index (χ4n) is 11.5. The molecule has 0 aliphatic heterocycles. The number of hydrogen-bond donors (Lipinski definition) is 0. The van der Waals surface area contributed by atoms with Gasteiger partial charge in [-0.1, -0.05) is 40.2 Å². The lowest BCUT2D eigenvalue weighted by Gasteiger charge is -2.72. The van der Waals surface area contributed by atoms with E-state index in [1.165, 1.54) is 50.4 Å². The van der Waals surface area contributed by atoms with Crippen molar-refractivity contribution in [3.8, 4) is 0 Å². The van der Waals surface area contributed by atoms with Crippen LogP contribution in [0, 0.1) is 56.7 Å². The molecule has 33 heavy (non-hydrogen) atoms. The molecular weight excluding hydrogens is 404 g/mol. The van der Waals surface area contributed by atoms with Gasteiger partial charge in [-0.05, 0) is 117 Å². The average molecular weight is 453 g/mol. The highest BCUT2D eigenvalue weighted by atomic mass is 16.1. The summed E-state index contributed by atoms with van der Waals surface area (Å²) >= 11 is 0. The molecule has 0 amide bonds. The highest BCUT2D eigenvalue weighted by Crippen LogP contribution is 2.77. The van der Waals surface area contributed by atoms with Crippen molar-refractivity contribution in [2.45, 2.75) is 112 Å². The van der Waals surface area contributed by atoms with Gasteiger partial charge in [-0.25, -0.2) is 0 Å². The lowest BCUT2D eigenvalue weighted by Crippen LogP contribution is -2.66. The smallest absolute Gasteiger partial charge is 0.138 e. The van der Waals surface area contributed by atoms with Gasteiger partial charge >= 0.3 is 0 Å². The molecule has 5 fully saturated rings. The van der Waals surface area contributed by atoms with Crippen LogP contribution >= 0.6 is 0 Å². The molecule has 0 spiro atoms. The molecule has 0 aromatic heterocycles. The number of fused-ring (bicyclic) bond motifs is 7. The minimum absolute atomic E-state index is 0.0756. The molecule has 0 bridgehead atoms. The Morgan fingerprint density at radius 1 is 0.909 bits per heavy atom. The second-order valence-electron chi connectivity index (χ2n) is 14.7. The zero-order valence-electron chi connectivity index (χ0n) is 22.3. The van der Waals surface area contributed by atoms with Crippen LogP contribution in [0.5, 0.6) is 0 Å². The number of rotatable bonds is 3. The second-order valence-corrected chi connectivity index (χ2v) is 14.7. The van der Waals surface area contributed by atoms with Gasteiger partial charge in [-0.15, -0.1) is 6.58 Å². The first kappa shape index (κ1) is 23.8. The normalized spacial score (nSPS) is 52.8. The van der Waals surface area contributed by atoms with E-state index in [9.17, 15) is 9.59 Å². The molecule has 0 aromatic carbocycles. The van der Waals surface area contributed by atoms with Crippen molar-refractivity contribution in [1.29, 1.82) is 0 Å². The number of aldehydes is 1. The minimum atomic E-state index is -0.177. The Balaban J connectivity index is 1.54. The first-order chi connectivity index (χ1) is 15.4. The lowest BCUT2D eigenvalue weighted by atomic mass is 9.32. The average Bonchev–Trinajstić information content (AvgIpc) is 3.10. The van der Waals surface area contributed by atoms with Gasteiger partial charge < -0.3 is 4.79 Å². The molecule has 0 N–H and O–H groups in total. The molecule has 2 heteroatoms. The Bertz CT molecular complexity index is 870. The molecule has 0 saturated heterocycles. The molecule has 0 aromatic rings. The fourth-order valence-corrected chi connectivity index (χ4v) is 11.5. The summed E-state index contributed by atoms with van der Waals surface area (Å²) in [4.78, 5) is 25.5. The zero-order valence-corrected chi connectivity index (χ0v) is 22.3. The summed E-state index contributed by atoms with van der Waals surface area (Å²) in [5.41, 5.74) is 1.91. The van der Waals surface area contributed by atoms with E-state index < -0.39 is 0 Å². The largest absolute Gasteiger partial charge is 0.303 e. The number of hydrogen-bond acceptors (Lipinski definition) is 2. The van der Waals surface area contributed by atoms with Crippen molar-refractivity contribution in [3.63, 3.8) is 0 Å². The van der Waals surface area contributed by atoms with Crippen LogP contribution in [0.4, 0.5) is 0 Å². The minimum Gasteiger partial charge on any atom is -0.303 e. The maximum absolute atomic E-state index is 12.9. The Kier molecular flexibility index (Phi) is 5.26. The van der Waals surface area contributed by atoms with Gasteiger partial charge in [0, 0.05) is 17.3 Å². The molecule has 5 saturated carbocycles. The van der Waals surface area contributed by atoms with Crippen LogP contribution in [-0.2, 0) is 9.59 Å². The third kappa shape index (κ3) is 2.91. The Hall–Kier alpha value is -0.920. The van der Waals surface area contributed by atoms with E-state index in [-0.39, 0.29) is 16.2 Å². The quantitative estimate of drug-likeness (QED) is 0.323. The molecule has 9 atom stereocenters. The summed E-state index contributed by atoms with van der Waals surface area (Å²) in [6.45, 7) is 18.8. The SMILES string of the molecule is C=C(C)C[C@@H]1CC[C@]2(C=O)CC[C@]3(C)C(CC[C@@H]4[C@@]5(C)CCC(=O)C(C)(C)C5CC[C@]43C)C12. The molecule has 0 radical (unpaired) electrons. The van der Waals surface area contributed by atoms with Crippen molar-refractivity contribution in [2.24, 2.45) is 56.7 Å². The van der Waals surface area contributed by atoms with Crippen molar-refractivity contribution in [1.82, 2.24) is 0 Å². The maximum Gasteiger partial charge on any atom is 0.138 e. The van der Waals surface area contributed by atoms with Crippen LogP contribution in [0.2, 0.25) is 0 Å². The number of carbonyl (C=O) groups is 2. The van der Waals surface area contributed by atoms with Crippen LogP contribution in [0.1, 0.15) is 112 Å². The van der Waals surface area contributed by atoms with Crippen LogP contribution in [0.15, 0.2) is 12.2 Å². The molecule has 5 aliphatic rings. The molecule has 3 unspecified atom stereocenters. The standard InChI is InChI=1S/C31H48O2/c1-20(2)18-21-10-15-31(19-32)17-16-29(6)22(26(21)31)8-9-24-28(5)13-12-25(33)27(3,4)23(28)11-14-30(24,29)7/h19,21-24,26H,1,8-18H2,2-7H3/t21-,22?,23?,24+,26?,28-,29+,30+,31+/m0/s1. The van der Waals surface area contributed by atoms with E-state index in [2.05, 4.69) is 48.1 Å². The number of carbonyl (C=O) groups excluding carboxylic acids is 2. The molecule has 2 nitrogen and oxygen atoms in total. The van der Waals surface area contributed by atoms with Gasteiger partial charge in [-0.3, -0.25) is 4.79 Å². The highest BCUT2D eigenvalue weighted by molar-refractivity contribution is 5.85. The topological polar surface area (TPSA) is 34.1 Å². The molecule has 184 valence electrons. The van der Waals surface area contributed by atoms with Crippen molar-refractivity contribution >= 4 is 12.1 Å². The first-order valence-corrected chi connectivity index (χ1v) is 14.0. The van der Waals surface area contributed by atoms with Crippen molar-refractivity contribution in [3.05, 3.63) is 12.2 Å². The highest BCUT2D eigenvalue weighted by Gasteiger charge is 2.70. The lowest BCUT2D eigenvalue weighted by molar-refractivity contribution is -0.232. The van der Waals surface area contributed by atoms with E-state index in [4.69, 9.17) is 0 Å². The monoisotopic (exact) mass is 452 g/mol. The molecule has 5 rings (SSSR count). The Labute approximate surface area is 202 Å². The molecule has 0 heterocycles. The van der Waals surface area contributed by atoms with E-state index in [0.29, 0.717) is 46.2 Å². The first-order valence-electron chi connectivity index (χ1n) is 14.0. The van der Waals surface area contributed by atoms with E-state index >= 15 is 0 Å². The van der Waals surface area contributed by atoms with Crippen LogP contribution in [-0.4, -0.2) is 12.1 Å². The fraction of sp³-hybridized carbons (Fsp3) is 0.871. The van der Waals surface area contributed by atoms with Crippen molar-refractivity contribution < 1.29 is 9.59 Å². The Morgan fingerprint density at radius 3 is 2.30 bits per heavy atom. The van der Waals surface area contributed by atoms with Crippen LogP contribution < -0.4 is 0 Å². The molecular formula is C31H48O2. The van der Waals surface area contributed by atoms with Gasteiger partial charge in [0.15, 0.2) is 0 Å². The third-order valence-electron chi connectivity index (χ3n) is 13.2. The molecule has 5 aliphatic carbocycles.